The Kier molecular flexibility index (Phi) is 4.64. The summed E-state index contributed by atoms with van der Waals surface area (Å²) in [5.74, 6) is 0.270. The van der Waals surface area contributed by atoms with Gasteiger partial charge in [0.25, 0.3) is 0 Å². The van der Waals surface area contributed by atoms with Crippen molar-refractivity contribution in [1.82, 2.24) is 0 Å². The van der Waals surface area contributed by atoms with Crippen LogP contribution in [0, 0.1) is 17.1 Å². The van der Waals surface area contributed by atoms with Gasteiger partial charge in [-0.3, -0.25) is 0 Å². The second-order valence-electron chi connectivity index (χ2n) is 3.42. The van der Waals surface area contributed by atoms with E-state index >= 15 is 0 Å². The minimum absolute atomic E-state index is 0.136. The molecule has 0 amide bonds. The van der Waals surface area contributed by atoms with Gasteiger partial charge in [-0.25, -0.2) is 4.39 Å². The monoisotopic (exact) mass is 223 g/mol. The fourth-order valence-electron chi connectivity index (χ4n) is 1.13. The molecule has 0 fully saturated rings. The molecule has 0 saturated heterocycles. The second-order valence-corrected chi connectivity index (χ2v) is 4.85. The Balaban J connectivity index is 2.74. The Hall–Kier alpha value is -1.01. The van der Waals surface area contributed by atoms with E-state index in [-0.39, 0.29) is 11.4 Å². The van der Waals surface area contributed by atoms with E-state index in [1.165, 1.54) is 6.07 Å². The van der Waals surface area contributed by atoms with Gasteiger partial charge in [0, 0.05) is 11.0 Å². The molecule has 0 bridgehead atoms. The number of hydrogen-bond acceptors (Lipinski definition) is 2. The van der Waals surface area contributed by atoms with Gasteiger partial charge in [0.1, 0.15) is 11.9 Å². The molecule has 1 nitrogen and oxygen atoms in total. The number of benzene rings is 1. The van der Waals surface area contributed by atoms with E-state index in [0.29, 0.717) is 16.6 Å². The van der Waals surface area contributed by atoms with E-state index in [2.05, 4.69) is 13.8 Å². The van der Waals surface area contributed by atoms with Gasteiger partial charge in [0.15, 0.2) is 0 Å². The third-order valence-electron chi connectivity index (χ3n) is 2.30. The molecule has 0 heterocycles. The zero-order valence-electron chi connectivity index (χ0n) is 8.96. The fraction of sp³-hybridized carbons (Fsp3) is 0.417. The maximum atomic E-state index is 13.6. The molecular weight excluding hydrogens is 209 g/mol. The zero-order chi connectivity index (χ0) is 11.3. The quantitative estimate of drug-likeness (QED) is 0.776. The maximum absolute atomic E-state index is 13.6. The highest BCUT2D eigenvalue weighted by Crippen LogP contribution is 2.22. The van der Waals surface area contributed by atoms with Crippen LogP contribution in [0.1, 0.15) is 31.4 Å². The standard InChI is InChI=1S/C12H14FNS/c1-3-9(2)15-8-11-6-4-5-10(7-14)12(11)13/h4-6,9H,3,8H2,1-2H3. The van der Waals surface area contributed by atoms with Gasteiger partial charge in [0.2, 0.25) is 0 Å². The first-order valence-electron chi connectivity index (χ1n) is 4.98. The molecule has 0 aromatic heterocycles. The first-order valence-corrected chi connectivity index (χ1v) is 6.03. The molecule has 1 aromatic carbocycles. The van der Waals surface area contributed by atoms with Crippen molar-refractivity contribution in [3.63, 3.8) is 0 Å². The normalized spacial score (nSPS) is 12.1. The lowest BCUT2D eigenvalue weighted by atomic mass is 10.1. The van der Waals surface area contributed by atoms with Crippen molar-refractivity contribution in [1.29, 1.82) is 5.26 Å². The lowest BCUT2D eigenvalue weighted by Crippen LogP contribution is -1.97. The van der Waals surface area contributed by atoms with E-state index in [1.807, 2.05) is 6.07 Å². The third-order valence-corrected chi connectivity index (χ3v) is 3.68. The minimum Gasteiger partial charge on any atom is -0.205 e. The summed E-state index contributed by atoms with van der Waals surface area (Å²) in [6.45, 7) is 4.23. The summed E-state index contributed by atoms with van der Waals surface area (Å²) in [4.78, 5) is 0. The number of nitriles is 1. The molecular formula is C12H14FNS. The lowest BCUT2D eigenvalue weighted by molar-refractivity contribution is 0.613. The van der Waals surface area contributed by atoms with Crippen LogP contribution in [0.2, 0.25) is 0 Å². The zero-order valence-corrected chi connectivity index (χ0v) is 9.77. The van der Waals surface area contributed by atoms with Crippen molar-refractivity contribution in [3.8, 4) is 6.07 Å². The van der Waals surface area contributed by atoms with Gasteiger partial charge in [-0.15, -0.1) is 0 Å². The molecule has 0 radical (unpaired) electrons. The van der Waals surface area contributed by atoms with Crippen LogP contribution in [0.15, 0.2) is 18.2 Å². The van der Waals surface area contributed by atoms with Gasteiger partial charge in [-0.05, 0) is 18.1 Å². The van der Waals surface area contributed by atoms with Crippen molar-refractivity contribution < 1.29 is 4.39 Å². The van der Waals surface area contributed by atoms with E-state index in [9.17, 15) is 4.39 Å². The summed E-state index contributed by atoms with van der Waals surface area (Å²) < 4.78 is 13.6. The maximum Gasteiger partial charge on any atom is 0.144 e. The number of rotatable bonds is 4. The van der Waals surface area contributed by atoms with Crippen LogP contribution < -0.4 is 0 Å². The summed E-state index contributed by atoms with van der Waals surface area (Å²) in [5.41, 5.74) is 0.761. The molecule has 3 heteroatoms. The largest absolute Gasteiger partial charge is 0.205 e. The summed E-state index contributed by atoms with van der Waals surface area (Å²) in [7, 11) is 0. The first-order chi connectivity index (χ1) is 7.19. The predicted molar refractivity (Wildman–Crippen MR) is 62.2 cm³/mol. The number of nitrogens with zero attached hydrogens (tertiary/aromatic N) is 1. The minimum atomic E-state index is -0.365. The van der Waals surface area contributed by atoms with Crippen molar-refractivity contribution in [2.24, 2.45) is 0 Å². The fourth-order valence-corrected chi connectivity index (χ4v) is 2.05. The Morgan fingerprint density at radius 3 is 2.87 bits per heavy atom. The van der Waals surface area contributed by atoms with Crippen molar-refractivity contribution in [2.75, 3.05) is 0 Å². The van der Waals surface area contributed by atoms with E-state index < -0.39 is 0 Å². The highest BCUT2D eigenvalue weighted by atomic mass is 32.2. The molecule has 1 aromatic rings. The number of hydrogen-bond donors (Lipinski definition) is 0. The molecule has 0 saturated carbocycles. The number of thioether (sulfide) groups is 1. The van der Waals surface area contributed by atoms with E-state index in [4.69, 9.17) is 5.26 Å². The van der Waals surface area contributed by atoms with Crippen LogP contribution >= 0.6 is 11.8 Å². The van der Waals surface area contributed by atoms with Gasteiger partial charge in [0.05, 0.1) is 5.56 Å². The van der Waals surface area contributed by atoms with Crippen LogP contribution in [0.3, 0.4) is 0 Å². The SMILES string of the molecule is CCC(C)SCc1cccc(C#N)c1F. The van der Waals surface area contributed by atoms with Crippen molar-refractivity contribution in [2.45, 2.75) is 31.3 Å². The highest BCUT2D eigenvalue weighted by molar-refractivity contribution is 7.99. The lowest BCUT2D eigenvalue weighted by Gasteiger charge is -2.08. The van der Waals surface area contributed by atoms with Crippen LogP contribution in [0.25, 0.3) is 0 Å². The van der Waals surface area contributed by atoms with E-state index in [0.717, 1.165) is 6.42 Å². The van der Waals surface area contributed by atoms with Crippen molar-refractivity contribution in [3.05, 3.63) is 35.1 Å². The molecule has 0 N–H and O–H groups in total. The average Bonchev–Trinajstić information content (AvgIpc) is 2.27. The van der Waals surface area contributed by atoms with Crippen LogP contribution in [0.4, 0.5) is 4.39 Å². The van der Waals surface area contributed by atoms with Crippen LogP contribution in [-0.4, -0.2) is 5.25 Å². The molecule has 80 valence electrons. The van der Waals surface area contributed by atoms with Crippen LogP contribution in [0.5, 0.6) is 0 Å². The smallest absolute Gasteiger partial charge is 0.144 e. The molecule has 0 spiro atoms. The molecule has 15 heavy (non-hydrogen) atoms. The van der Waals surface area contributed by atoms with Gasteiger partial charge < -0.3 is 0 Å². The Bertz CT molecular complexity index is 370. The molecule has 1 unspecified atom stereocenters. The molecule has 1 atom stereocenters. The van der Waals surface area contributed by atoms with Crippen LogP contribution in [-0.2, 0) is 5.75 Å². The average molecular weight is 223 g/mol. The van der Waals surface area contributed by atoms with Gasteiger partial charge in [-0.2, -0.15) is 17.0 Å². The Morgan fingerprint density at radius 2 is 2.27 bits per heavy atom. The first kappa shape index (κ1) is 12.1. The topological polar surface area (TPSA) is 23.8 Å². The Morgan fingerprint density at radius 1 is 1.53 bits per heavy atom. The third kappa shape index (κ3) is 3.24. The van der Waals surface area contributed by atoms with Crippen molar-refractivity contribution >= 4 is 11.8 Å². The molecule has 0 aliphatic rings. The summed E-state index contributed by atoms with van der Waals surface area (Å²) in [6.07, 6.45) is 1.07. The second kappa shape index (κ2) is 5.77. The van der Waals surface area contributed by atoms with Gasteiger partial charge in [-0.1, -0.05) is 26.0 Å². The predicted octanol–water partition coefficient (Wildman–Crippen LogP) is 3.73. The van der Waals surface area contributed by atoms with E-state index in [1.54, 1.807) is 23.9 Å². The molecule has 0 aliphatic carbocycles. The summed E-state index contributed by atoms with van der Waals surface area (Å²) in [6, 6.07) is 6.83. The molecule has 1 rings (SSSR count). The van der Waals surface area contributed by atoms with Gasteiger partial charge >= 0.3 is 0 Å². The summed E-state index contributed by atoms with van der Waals surface area (Å²) in [5, 5.41) is 9.19. The summed E-state index contributed by atoms with van der Waals surface area (Å²) >= 11 is 1.71. The molecule has 0 aliphatic heterocycles. The highest BCUT2D eigenvalue weighted by Gasteiger charge is 2.08. The Labute approximate surface area is 94.3 Å². The number of halogens is 1.